The number of nitrogens with one attached hydrogen (secondary N) is 3. The number of aromatic amines is 1. The minimum Gasteiger partial charge on any atom is -0.497 e. The first-order valence-electron chi connectivity index (χ1n) is 9.22. The monoisotopic (exact) mass is 387 g/mol. The molecule has 0 unspecified atom stereocenters. The van der Waals surface area contributed by atoms with Crippen molar-refractivity contribution in [1.82, 2.24) is 20.5 Å². The van der Waals surface area contributed by atoms with E-state index >= 15 is 0 Å². The van der Waals surface area contributed by atoms with E-state index in [4.69, 9.17) is 4.74 Å². The summed E-state index contributed by atoms with van der Waals surface area (Å²) >= 11 is 0. The van der Waals surface area contributed by atoms with Crippen LogP contribution in [0.5, 0.6) is 5.75 Å². The van der Waals surface area contributed by atoms with E-state index in [0.717, 1.165) is 22.0 Å². The molecule has 4 rings (SSSR count). The predicted molar refractivity (Wildman–Crippen MR) is 113 cm³/mol. The molecule has 0 radical (unpaired) electrons. The highest BCUT2D eigenvalue weighted by atomic mass is 16.5. The van der Waals surface area contributed by atoms with Gasteiger partial charge in [-0.2, -0.15) is 5.10 Å². The topological polar surface area (TPSA) is 91.9 Å². The fourth-order valence-corrected chi connectivity index (χ4v) is 3.08. The van der Waals surface area contributed by atoms with E-state index in [9.17, 15) is 4.79 Å². The largest absolute Gasteiger partial charge is 0.497 e. The molecule has 0 saturated carbocycles. The molecule has 29 heavy (non-hydrogen) atoms. The Hall–Kier alpha value is -3.87. The lowest BCUT2D eigenvalue weighted by molar-refractivity contribution is 0.0948. The second-order valence-electron chi connectivity index (χ2n) is 6.67. The van der Waals surface area contributed by atoms with E-state index in [2.05, 4.69) is 25.8 Å². The van der Waals surface area contributed by atoms with Crippen molar-refractivity contribution in [2.75, 3.05) is 12.4 Å². The van der Waals surface area contributed by atoms with Crippen molar-refractivity contribution in [1.29, 1.82) is 0 Å². The fourth-order valence-electron chi connectivity index (χ4n) is 3.08. The van der Waals surface area contributed by atoms with E-state index < -0.39 is 0 Å². The van der Waals surface area contributed by atoms with Gasteiger partial charge in [0.15, 0.2) is 5.82 Å². The van der Waals surface area contributed by atoms with Crippen LogP contribution in [-0.4, -0.2) is 28.2 Å². The van der Waals surface area contributed by atoms with Crippen molar-refractivity contribution in [3.05, 3.63) is 77.6 Å². The van der Waals surface area contributed by atoms with Gasteiger partial charge in [-0.1, -0.05) is 30.3 Å². The maximum Gasteiger partial charge on any atom is 0.270 e. The van der Waals surface area contributed by atoms with Crippen LogP contribution in [0.2, 0.25) is 0 Å². The molecular weight excluding hydrogens is 366 g/mol. The normalized spacial score (nSPS) is 10.7. The molecule has 2 aromatic heterocycles. The molecular formula is C22H21N5O2. The molecule has 0 saturated heterocycles. The SMILES string of the molecule is COc1ccc2c(C(=O)NCc3ccccc3)nc(Nc3cc(C)[nH]n3)cc2c1. The summed E-state index contributed by atoms with van der Waals surface area (Å²) in [5, 5.41) is 14.7. The molecule has 2 heterocycles. The molecule has 146 valence electrons. The highest BCUT2D eigenvalue weighted by molar-refractivity contribution is 6.06. The number of hydrogen-bond donors (Lipinski definition) is 3. The van der Waals surface area contributed by atoms with E-state index in [1.165, 1.54) is 0 Å². The Morgan fingerprint density at radius 1 is 1.07 bits per heavy atom. The zero-order valence-corrected chi connectivity index (χ0v) is 16.2. The fraction of sp³-hybridized carbons (Fsp3) is 0.136. The molecule has 0 bridgehead atoms. The van der Waals surface area contributed by atoms with Crippen molar-refractivity contribution in [2.24, 2.45) is 0 Å². The highest BCUT2D eigenvalue weighted by Crippen LogP contribution is 2.27. The number of rotatable bonds is 6. The molecule has 3 N–H and O–H groups in total. The van der Waals surface area contributed by atoms with Crippen LogP contribution >= 0.6 is 0 Å². The molecule has 0 spiro atoms. The van der Waals surface area contributed by atoms with Crippen molar-refractivity contribution >= 4 is 28.3 Å². The number of fused-ring (bicyclic) bond motifs is 1. The number of nitrogens with zero attached hydrogens (tertiary/aromatic N) is 2. The third kappa shape index (κ3) is 4.19. The summed E-state index contributed by atoms with van der Waals surface area (Å²) in [6.07, 6.45) is 0. The Bertz CT molecular complexity index is 1150. The molecule has 0 atom stereocenters. The first-order valence-corrected chi connectivity index (χ1v) is 9.22. The second kappa shape index (κ2) is 8.02. The summed E-state index contributed by atoms with van der Waals surface area (Å²) in [6, 6.07) is 19.1. The summed E-state index contributed by atoms with van der Waals surface area (Å²) in [4.78, 5) is 17.5. The van der Waals surface area contributed by atoms with Crippen molar-refractivity contribution in [2.45, 2.75) is 13.5 Å². The highest BCUT2D eigenvalue weighted by Gasteiger charge is 2.15. The summed E-state index contributed by atoms with van der Waals surface area (Å²) in [5.74, 6) is 1.63. The molecule has 0 aliphatic rings. The number of H-pyrrole nitrogens is 1. The molecule has 1 amide bonds. The van der Waals surface area contributed by atoms with Gasteiger partial charge in [-0.05, 0) is 42.1 Å². The standard InChI is InChI=1S/C22H21N5O2/c1-14-10-20(27-26-14)24-19-12-16-11-17(29-2)8-9-18(16)21(25-19)22(28)23-13-15-6-4-3-5-7-15/h3-12H,13H2,1-2H3,(H,23,28)(H2,24,25,26,27). The average Bonchev–Trinajstić information content (AvgIpc) is 3.16. The summed E-state index contributed by atoms with van der Waals surface area (Å²) in [6.45, 7) is 2.34. The molecule has 7 heteroatoms. The molecule has 0 fully saturated rings. The Labute approximate surface area is 168 Å². The first kappa shape index (κ1) is 18.5. The van der Waals surface area contributed by atoms with Gasteiger partial charge in [-0.15, -0.1) is 0 Å². The van der Waals surface area contributed by atoms with E-state index in [-0.39, 0.29) is 5.91 Å². The number of anilines is 2. The van der Waals surface area contributed by atoms with E-state index in [0.29, 0.717) is 29.6 Å². The lowest BCUT2D eigenvalue weighted by Gasteiger charge is -2.11. The van der Waals surface area contributed by atoms with Crippen LogP contribution in [0.1, 0.15) is 21.7 Å². The van der Waals surface area contributed by atoms with Crippen molar-refractivity contribution < 1.29 is 9.53 Å². The lowest BCUT2D eigenvalue weighted by Crippen LogP contribution is -2.24. The minimum atomic E-state index is -0.245. The number of amides is 1. The maximum absolute atomic E-state index is 12.9. The number of ether oxygens (including phenoxy) is 1. The number of carbonyl (C=O) groups is 1. The molecule has 4 aromatic rings. The van der Waals surface area contributed by atoms with E-state index in [1.807, 2.05) is 67.6 Å². The van der Waals surface area contributed by atoms with Crippen LogP contribution in [-0.2, 0) is 6.54 Å². The van der Waals surface area contributed by atoms with Crippen LogP contribution in [0.3, 0.4) is 0 Å². The molecule has 0 aliphatic heterocycles. The molecule has 0 aliphatic carbocycles. The number of pyridine rings is 1. The first-order chi connectivity index (χ1) is 14.1. The maximum atomic E-state index is 12.9. The summed E-state index contributed by atoms with van der Waals surface area (Å²) in [5.41, 5.74) is 2.29. The number of aryl methyl sites for hydroxylation is 1. The second-order valence-corrected chi connectivity index (χ2v) is 6.67. The number of benzene rings is 2. The van der Waals surface area contributed by atoms with Gasteiger partial charge in [-0.25, -0.2) is 4.98 Å². The predicted octanol–water partition coefficient (Wildman–Crippen LogP) is 3.95. The van der Waals surface area contributed by atoms with Crippen LogP contribution < -0.4 is 15.4 Å². The van der Waals surface area contributed by atoms with Gasteiger partial charge < -0.3 is 15.4 Å². The Morgan fingerprint density at radius 3 is 2.62 bits per heavy atom. The smallest absolute Gasteiger partial charge is 0.270 e. The van der Waals surface area contributed by atoms with Gasteiger partial charge in [0, 0.05) is 23.7 Å². The summed E-state index contributed by atoms with van der Waals surface area (Å²) in [7, 11) is 1.61. The van der Waals surface area contributed by atoms with Gasteiger partial charge in [-0.3, -0.25) is 9.89 Å². The molecule has 2 aromatic carbocycles. The Morgan fingerprint density at radius 2 is 1.90 bits per heavy atom. The van der Waals surface area contributed by atoms with Gasteiger partial charge >= 0.3 is 0 Å². The number of methoxy groups -OCH3 is 1. The number of hydrogen-bond acceptors (Lipinski definition) is 5. The van der Waals surface area contributed by atoms with Gasteiger partial charge in [0.2, 0.25) is 0 Å². The molecule has 7 nitrogen and oxygen atoms in total. The third-order valence-corrected chi connectivity index (χ3v) is 4.51. The van der Waals surface area contributed by atoms with Crippen LogP contribution in [0.25, 0.3) is 10.8 Å². The lowest BCUT2D eigenvalue weighted by atomic mass is 10.1. The minimum absolute atomic E-state index is 0.245. The summed E-state index contributed by atoms with van der Waals surface area (Å²) < 4.78 is 5.33. The number of carbonyl (C=O) groups excluding carboxylic acids is 1. The van der Waals surface area contributed by atoms with Gasteiger partial charge in [0.05, 0.1) is 7.11 Å². The van der Waals surface area contributed by atoms with Crippen LogP contribution in [0, 0.1) is 6.92 Å². The van der Waals surface area contributed by atoms with Crippen molar-refractivity contribution in [3.63, 3.8) is 0 Å². The Balaban J connectivity index is 1.68. The van der Waals surface area contributed by atoms with Gasteiger partial charge in [0.25, 0.3) is 5.91 Å². The van der Waals surface area contributed by atoms with Crippen molar-refractivity contribution in [3.8, 4) is 5.75 Å². The number of aromatic nitrogens is 3. The quantitative estimate of drug-likeness (QED) is 0.466. The zero-order valence-electron chi connectivity index (χ0n) is 16.2. The third-order valence-electron chi connectivity index (χ3n) is 4.51. The van der Waals surface area contributed by atoms with Gasteiger partial charge in [0.1, 0.15) is 17.3 Å². The van der Waals surface area contributed by atoms with Crippen LogP contribution in [0.4, 0.5) is 11.6 Å². The Kier molecular flexibility index (Phi) is 5.11. The van der Waals surface area contributed by atoms with Crippen LogP contribution in [0.15, 0.2) is 60.7 Å². The van der Waals surface area contributed by atoms with E-state index in [1.54, 1.807) is 7.11 Å². The zero-order chi connectivity index (χ0) is 20.2. The average molecular weight is 387 g/mol.